The summed E-state index contributed by atoms with van der Waals surface area (Å²) >= 11 is 0. The second-order valence-electron chi connectivity index (χ2n) is 4.18. The molecule has 84 valence electrons. The van der Waals surface area contributed by atoms with Gasteiger partial charge in [-0.25, -0.2) is 0 Å². The quantitative estimate of drug-likeness (QED) is 0.841. The van der Waals surface area contributed by atoms with Crippen molar-refractivity contribution in [2.75, 3.05) is 5.32 Å². The molecule has 16 heavy (non-hydrogen) atoms. The third kappa shape index (κ3) is 4.14. The fourth-order valence-corrected chi connectivity index (χ4v) is 1.47. The number of carbonyl (C=O) groups is 1. The van der Waals surface area contributed by atoms with E-state index in [4.69, 9.17) is 5.26 Å². The highest BCUT2D eigenvalue weighted by atomic mass is 16.1. The lowest BCUT2D eigenvalue weighted by molar-refractivity contribution is -0.115. The molecule has 3 nitrogen and oxygen atoms in total. The van der Waals surface area contributed by atoms with E-state index in [1.807, 2.05) is 30.3 Å². The number of nitrogens with zero attached hydrogens (tertiary/aromatic N) is 1. The van der Waals surface area contributed by atoms with Gasteiger partial charge in [0.25, 0.3) is 0 Å². The van der Waals surface area contributed by atoms with Crippen LogP contribution in [0.15, 0.2) is 24.3 Å². The standard InChI is InChI=1S/C13H16N2O/c1-10(2)9-11-3-5-12(6-4-11)15-13(16)7-8-14/h3-6,10H,7,9H2,1-2H3,(H,15,16). The van der Waals surface area contributed by atoms with Crippen LogP contribution in [0, 0.1) is 17.2 Å². The van der Waals surface area contributed by atoms with Gasteiger partial charge in [0.2, 0.25) is 5.91 Å². The Morgan fingerprint density at radius 1 is 1.38 bits per heavy atom. The first-order valence-electron chi connectivity index (χ1n) is 5.37. The van der Waals surface area contributed by atoms with Crippen LogP contribution in [0.4, 0.5) is 5.69 Å². The molecule has 1 aromatic carbocycles. The number of rotatable bonds is 4. The van der Waals surface area contributed by atoms with Crippen LogP contribution in [0.25, 0.3) is 0 Å². The Balaban J connectivity index is 2.58. The Hall–Kier alpha value is -1.82. The van der Waals surface area contributed by atoms with E-state index in [0.717, 1.165) is 12.1 Å². The van der Waals surface area contributed by atoms with Crippen molar-refractivity contribution in [1.82, 2.24) is 0 Å². The normalized spacial score (nSPS) is 9.88. The predicted octanol–water partition coefficient (Wildman–Crippen LogP) is 2.74. The summed E-state index contributed by atoms with van der Waals surface area (Å²) in [5.74, 6) is 0.359. The molecule has 1 amide bonds. The number of hydrogen-bond acceptors (Lipinski definition) is 2. The Morgan fingerprint density at radius 2 is 2.00 bits per heavy atom. The largest absolute Gasteiger partial charge is 0.325 e. The van der Waals surface area contributed by atoms with Crippen LogP contribution in [-0.2, 0) is 11.2 Å². The van der Waals surface area contributed by atoms with Crippen molar-refractivity contribution in [2.24, 2.45) is 5.92 Å². The Bertz CT molecular complexity index is 387. The smallest absolute Gasteiger partial charge is 0.238 e. The van der Waals surface area contributed by atoms with Gasteiger partial charge < -0.3 is 5.32 Å². The molecule has 0 saturated carbocycles. The summed E-state index contributed by atoms with van der Waals surface area (Å²) in [4.78, 5) is 11.1. The number of nitrogens with one attached hydrogen (secondary N) is 1. The van der Waals surface area contributed by atoms with E-state index in [1.165, 1.54) is 5.56 Å². The first kappa shape index (κ1) is 12.3. The minimum Gasteiger partial charge on any atom is -0.325 e. The molecule has 0 heterocycles. The van der Waals surface area contributed by atoms with Crippen molar-refractivity contribution in [3.63, 3.8) is 0 Å². The number of anilines is 1. The van der Waals surface area contributed by atoms with Crippen molar-refractivity contribution in [3.8, 4) is 6.07 Å². The van der Waals surface area contributed by atoms with Crippen LogP contribution in [0.5, 0.6) is 0 Å². The zero-order valence-corrected chi connectivity index (χ0v) is 9.66. The fourth-order valence-electron chi connectivity index (χ4n) is 1.47. The molecule has 0 bridgehead atoms. The highest BCUT2D eigenvalue weighted by Gasteiger charge is 2.01. The van der Waals surface area contributed by atoms with Crippen molar-refractivity contribution < 1.29 is 4.79 Å². The van der Waals surface area contributed by atoms with Gasteiger partial charge in [-0.15, -0.1) is 0 Å². The molecule has 0 atom stereocenters. The van der Waals surface area contributed by atoms with Crippen LogP contribution in [-0.4, -0.2) is 5.91 Å². The molecule has 0 aliphatic carbocycles. The number of nitriles is 1. The molecule has 0 aromatic heterocycles. The molecule has 1 rings (SSSR count). The minimum atomic E-state index is -0.265. The Kier molecular flexibility index (Phi) is 4.53. The van der Waals surface area contributed by atoms with Crippen molar-refractivity contribution >= 4 is 11.6 Å². The van der Waals surface area contributed by atoms with E-state index in [1.54, 1.807) is 0 Å². The van der Waals surface area contributed by atoms with E-state index in [9.17, 15) is 4.79 Å². The van der Waals surface area contributed by atoms with Crippen LogP contribution in [0.2, 0.25) is 0 Å². The lowest BCUT2D eigenvalue weighted by atomic mass is 10.0. The van der Waals surface area contributed by atoms with Crippen LogP contribution in [0.3, 0.4) is 0 Å². The fraction of sp³-hybridized carbons (Fsp3) is 0.385. The average Bonchev–Trinajstić information content (AvgIpc) is 2.20. The van der Waals surface area contributed by atoms with E-state index in [2.05, 4.69) is 19.2 Å². The number of carbonyl (C=O) groups excluding carboxylic acids is 1. The summed E-state index contributed by atoms with van der Waals surface area (Å²) in [5, 5.41) is 11.0. The number of benzene rings is 1. The summed E-state index contributed by atoms with van der Waals surface area (Å²) in [6, 6.07) is 9.55. The van der Waals surface area contributed by atoms with Crippen LogP contribution >= 0.6 is 0 Å². The molecule has 1 aromatic rings. The first-order chi connectivity index (χ1) is 7.61. The molecule has 0 radical (unpaired) electrons. The summed E-state index contributed by atoms with van der Waals surface area (Å²) in [6.45, 7) is 4.34. The number of hydrogen-bond donors (Lipinski definition) is 1. The zero-order chi connectivity index (χ0) is 12.0. The van der Waals surface area contributed by atoms with Gasteiger partial charge in [-0.05, 0) is 30.0 Å². The maximum absolute atomic E-state index is 11.1. The lowest BCUT2D eigenvalue weighted by Gasteiger charge is -2.06. The molecule has 3 heteroatoms. The van der Waals surface area contributed by atoms with Gasteiger partial charge in [-0.1, -0.05) is 26.0 Å². The van der Waals surface area contributed by atoms with Gasteiger partial charge in [-0.2, -0.15) is 5.26 Å². The topological polar surface area (TPSA) is 52.9 Å². The second-order valence-corrected chi connectivity index (χ2v) is 4.18. The van der Waals surface area contributed by atoms with Gasteiger partial charge in [0.1, 0.15) is 6.42 Å². The minimum absolute atomic E-state index is 0.103. The average molecular weight is 216 g/mol. The summed E-state index contributed by atoms with van der Waals surface area (Å²) in [6.07, 6.45) is 0.931. The Morgan fingerprint density at radius 3 is 2.50 bits per heavy atom. The second kappa shape index (κ2) is 5.92. The van der Waals surface area contributed by atoms with E-state index >= 15 is 0 Å². The SMILES string of the molecule is CC(C)Cc1ccc(NC(=O)CC#N)cc1. The third-order valence-corrected chi connectivity index (χ3v) is 2.12. The van der Waals surface area contributed by atoms with E-state index in [-0.39, 0.29) is 12.3 Å². The molecule has 0 aliphatic rings. The van der Waals surface area contributed by atoms with Gasteiger partial charge in [0.15, 0.2) is 0 Å². The van der Waals surface area contributed by atoms with Crippen molar-refractivity contribution in [2.45, 2.75) is 26.7 Å². The lowest BCUT2D eigenvalue weighted by Crippen LogP contribution is -2.09. The highest BCUT2D eigenvalue weighted by molar-refractivity contribution is 5.91. The zero-order valence-electron chi connectivity index (χ0n) is 9.66. The van der Waals surface area contributed by atoms with Gasteiger partial charge in [-0.3, -0.25) is 4.79 Å². The van der Waals surface area contributed by atoms with Crippen LogP contribution in [0.1, 0.15) is 25.8 Å². The number of amides is 1. The molecule has 1 N–H and O–H groups in total. The summed E-state index contributed by atoms with van der Waals surface area (Å²) in [7, 11) is 0. The summed E-state index contributed by atoms with van der Waals surface area (Å²) in [5.41, 5.74) is 2.00. The Labute approximate surface area is 96.1 Å². The first-order valence-corrected chi connectivity index (χ1v) is 5.37. The van der Waals surface area contributed by atoms with Gasteiger partial charge in [0.05, 0.1) is 6.07 Å². The maximum Gasteiger partial charge on any atom is 0.238 e. The van der Waals surface area contributed by atoms with Crippen LogP contribution < -0.4 is 5.32 Å². The molecule has 0 unspecified atom stereocenters. The van der Waals surface area contributed by atoms with Gasteiger partial charge in [0, 0.05) is 5.69 Å². The summed E-state index contributed by atoms with van der Waals surface area (Å²) < 4.78 is 0. The maximum atomic E-state index is 11.1. The molecule has 0 spiro atoms. The predicted molar refractivity (Wildman–Crippen MR) is 63.8 cm³/mol. The van der Waals surface area contributed by atoms with Gasteiger partial charge >= 0.3 is 0 Å². The van der Waals surface area contributed by atoms with Crippen molar-refractivity contribution in [3.05, 3.63) is 29.8 Å². The highest BCUT2D eigenvalue weighted by Crippen LogP contribution is 2.13. The molecule has 0 fully saturated rings. The molecule has 0 saturated heterocycles. The molecular formula is C13H16N2O. The van der Waals surface area contributed by atoms with Crippen molar-refractivity contribution in [1.29, 1.82) is 5.26 Å². The van der Waals surface area contributed by atoms with E-state index < -0.39 is 0 Å². The third-order valence-electron chi connectivity index (χ3n) is 2.12. The monoisotopic (exact) mass is 216 g/mol. The van der Waals surface area contributed by atoms with E-state index in [0.29, 0.717) is 5.92 Å². The molecule has 0 aliphatic heterocycles. The molecular weight excluding hydrogens is 200 g/mol.